The number of benzene rings is 2. The van der Waals surface area contributed by atoms with E-state index >= 15 is 0 Å². The molecule has 17 heteroatoms. The molecule has 0 saturated carbocycles. The van der Waals surface area contributed by atoms with Gasteiger partial charge in [0.25, 0.3) is 0 Å². The van der Waals surface area contributed by atoms with E-state index in [1.54, 1.807) is 0 Å². The number of carbonyl (C=O) groups excluding carboxylic acids is 5. The number of nitrogens with two attached hydrogens (primary N) is 6. The fourth-order valence-electron chi connectivity index (χ4n) is 6.29. The molecule has 0 heterocycles. The number of rotatable bonds is 26. The molecule has 6 atom stereocenters. The topological polar surface area (TPSA) is 273 Å². The molecule has 2 aromatic carbocycles. The van der Waals surface area contributed by atoms with Crippen LogP contribution in [0.5, 0.6) is 0 Å². The molecule has 0 aromatic heterocycles. The molecular formula is C39H58Cl2N10O5. The highest BCUT2D eigenvalue weighted by molar-refractivity contribution is 6.52. The van der Waals surface area contributed by atoms with E-state index in [1.165, 1.54) is 9.80 Å². The van der Waals surface area contributed by atoms with Crippen LogP contribution in [0.2, 0.25) is 0 Å². The first-order valence-corrected chi connectivity index (χ1v) is 19.7. The van der Waals surface area contributed by atoms with Crippen LogP contribution in [0.15, 0.2) is 70.6 Å². The van der Waals surface area contributed by atoms with Crippen molar-refractivity contribution in [2.24, 2.45) is 44.4 Å². The van der Waals surface area contributed by atoms with Gasteiger partial charge < -0.3 is 44.2 Å². The molecule has 0 aliphatic carbocycles. The zero-order valence-electron chi connectivity index (χ0n) is 32.3. The molecule has 2 unspecified atom stereocenters. The van der Waals surface area contributed by atoms with Crippen LogP contribution < -0.4 is 34.4 Å². The Morgan fingerprint density at radius 3 is 1.23 bits per heavy atom. The van der Waals surface area contributed by atoms with Crippen molar-refractivity contribution >= 4 is 64.3 Å². The quantitative estimate of drug-likeness (QED) is 0.0259. The predicted molar refractivity (Wildman–Crippen MR) is 222 cm³/mol. The highest BCUT2D eigenvalue weighted by atomic mass is 35.5. The van der Waals surface area contributed by atoms with Gasteiger partial charge in [-0.1, -0.05) is 74.5 Å². The van der Waals surface area contributed by atoms with Crippen molar-refractivity contribution in [2.75, 3.05) is 26.2 Å². The fourth-order valence-corrected chi connectivity index (χ4v) is 6.90. The molecule has 2 amide bonds. The van der Waals surface area contributed by atoms with Crippen LogP contribution in [0, 0.1) is 0 Å². The summed E-state index contributed by atoms with van der Waals surface area (Å²) in [7, 11) is 0. The third kappa shape index (κ3) is 15.2. The van der Waals surface area contributed by atoms with Gasteiger partial charge in [-0.25, -0.2) is 0 Å². The minimum atomic E-state index is -1.94. The van der Waals surface area contributed by atoms with Gasteiger partial charge in [-0.05, 0) is 62.5 Å². The average molecular weight is 818 g/mol. The number of guanidine groups is 2. The monoisotopic (exact) mass is 816 g/mol. The number of hydrogen-bond donors (Lipinski definition) is 6. The van der Waals surface area contributed by atoms with Gasteiger partial charge >= 0.3 is 0 Å². The van der Waals surface area contributed by atoms with Crippen LogP contribution in [-0.4, -0.2) is 112 Å². The Morgan fingerprint density at radius 1 is 0.589 bits per heavy atom. The molecule has 0 radical (unpaired) electrons. The van der Waals surface area contributed by atoms with E-state index in [0.717, 1.165) is 11.1 Å². The number of aliphatic imine (C=N–C) groups is 2. The van der Waals surface area contributed by atoms with Crippen molar-refractivity contribution < 1.29 is 24.0 Å². The third-order valence-corrected chi connectivity index (χ3v) is 9.86. The normalized spacial score (nSPS) is 14.2. The van der Waals surface area contributed by atoms with Gasteiger partial charge in [0, 0.05) is 26.2 Å². The van der Waals surface area contributed by atoms with Gasteiger partial charge in [0.05, 0.1) is 24.2 Å². The number of carbonyl (C=O) groups is 5. The Hall–Kier alpha value is -4.57. The molecule has 0 saturated heterocycles. The van der Waals surface area contributed by atoms with E-state index in [4.69, 9.17) is 57.6 Å². The first kappa shape index (κ1) is 47.6. The molecule has 0 bridgehead atoms. The molecule has 0 fully saturated rings. The lowest BCUT2D eigenvalue weighted by molar-refractivity contribution is -0.143. The van der Waals surface area contributed by atoms with Crippen LogP contribution in [-0.2, 0) is 36.8 Å². The molecule has 12 N–H and O–H groups in total. The number of hydrogen-bond acceptors (Lipinski definition) is 9. The number of amides is 2. The zero-order valence-corrected chi connectivity index (χ0v) is 33.8. The number of alkyl halides is 2. The van der Waals surface area contributed by atoms with Gasteiger partial charge in [-0.2, -0.15) is 0 Å². The van der Waals surface area contributed by atoms with E-state index < -0.39 is 64.1 Å². The largest absolute Gasteiger partial charge is 0.370 e. The molecular weight excluding hydrogens is 759 g/mol. The first-order chi connectivity index (χ1) is 26.6. The second kappa shape index (κ2) is 24.8. The summed E-state index contributed by atoms with van der Waals surface area (Å²) in [6, 6.07) is 13.8. The Morgan fingerprint density at radius 2 is 0.929 bits per heavy atom. The van der Waals surface area contributed by atoms with Crippen molar-refractivity contribution in [3.63, 3.8) is 0 Å². The van der Waals surface area contributed by atoms with Crippen molar-refractivity contribution in [3.05, 3.63) is 71.8 Å². The molecule has 56 heavy (non-hydrogen) atoms. The van der Waals surface area contributed by atoms with E-state index in [1.807, 2.05) is 74.5 Å². The van der Waals surface area contributed by atoms with Crippen molar-refractivity contribution in [1.82, 2.24) is 9.80 Å². The maximum Gasteiger partial charge on any atom is 0.240 e. The summed E-state index contributed by atoms with van der Waals surface area (Å²) < 4.78 is 0. The molecule has 0 aliphatic heterocycles. The fraction of sp³-hybridized carbons (Fsp3) is 0.513. The molecule has 2 aromatic rings. The molecule has 2 rings (SSSR count). The van der Waals surface area contributed by atoms with E-state index in [2.05, 4.69) is 9.98 Å². The lowest BCUT2D eigenvalue weighted by Crippen LogP contribution is -2.57. The highest BCUT2D eigenvalue weighted by Gasteiger charge is 2.43. The average Bonchev–Trinajstić information content (AvgIpc) is 3.18. The summed E-state index contributed by atoms with van der Waals surface area (Å²) >= 11 is 13.3. The van der Waals surface area contributed by atoms with E-state index in [0.29, 0.717) is 12.8 Å². The van der Waals surface area contributed by atoms with Gasteiger partial charge in [0.15, 0.2) is 40.0 Å². The molecule has 15 nitrogen and oxygen atoms in total. The van der Waals surface area contributed by atoms with Crippen molar-refractivity contribution in [1.29, 1.82) is 0 Å². The number of nitrogens with zero attached hydrogens (tertiary/aromatic N) is 4. The number of Topliss-reactive ketones (excluding diaryl/α,β-unsaturated/α-hetero) is 3. The van der Waals surface area contributed by atoms with Crippen LogP contribution >= 0.6 is 23.2 Å². The number of ketones is 3. The van der Waals surface area contributed by atoms with Crippen molar-refractivity contribution in [3.8, 4) is 0 Å². The summed E-state index contributed by atoms with van der Waals surface area (Å²) in [6.07, 6.45) is 1.84. The standard InChI is InChI=1S/C39H58Cl2N10O5/c1-3-21-50(36(55)27(42)23-25-13-7-5-8-14-25)29(17-11-19-48-38(44)45)33(52)31(40)35(54)32(41)34(53)30(18-12-20-49-39(46)47)51(22-4-2)37(56)28(43)24-26-15-9-6-10-16-26/h5-10,13-16,27-32H,3-4,11-12,17-24,42-43H2,1-2H3,(H4,44,45,48)(H4,46,47,49)/t27-,28-,29+,30+,31?,32?/m1/s1. The third-order valence-electron chi connectivity index (χ3n) is 9.00. The summed E-state index contributed by atoms with van der Waals surface area (Å²) in [4.78, 5) is 80.8. The SMILES string of the molecule is CCCN(C(=O)[C@H](N)Cc1ccccc1)[C@@H](CCCN=C(N)N)C(=O)C(Cl)C(=O)C(Cl)C(=O)[C@H](CCCN=C(N)N)N(CCC)C(=O)[C@H](N)Cc1ccccc1. The van der Waals surface area contributed by atoms with Gasteiger partial charge in [0.1, 0.15) is 0 Å². The van der Waals surface area contributed by atoms with Crippen LogP contribution in [0.4, 0.5) is 0 Å². The molecule has 308 valence electrons. The Balaban J connectivity index is 2.45. The molecule has 0 aliphatic rings. The molecule has 0 spiro atoms. The maximum absolute atomic E-state index is 14.2. The van der Waals surface area contributed by atoms with E-state index in [9.17, 15) is 24.0 Å². The van der Waals surface area contributed by atoms with Gasteiger partial charge in [0.2, 0.25) is 11.8 Å². The van der Waals surface area contributed by atoms with Crippen molar-refractivity contribution in [2.45, 2.75) is 100 Å². The lowest BCUT2D eigenvalue weighted by atomic mass is 9.93. The first-order valence-electron chi connectivity index (χ1n) is 18.8. The summed E-state index contributed by atoms with van der Waals surface area (Å²) in [6.45, 7) is 4.14. The predicted octanol–water partition coefficient (Wildman–Crippen LogP) is 1.37. The highest BCUT2D eigenvalue weighted by Crippen LogP contribution is 2.23. The Kier molecular flexibility index (Phi) is 21.1. The van der Waals surface area contributed by atoms with Crippen LogP contribution in [0.3, 0.4) is 0 Å². The van der Waals surface area contributed by atoms with Gasteiger partial charge in [-0.15, -0.1) is 23.2 Å². The number of halogens is 2. The smallest absolute Gasteiger partial charge is 0.240 e. The second-order valence-corrected chi connectivity index (χ2v) is 14.4. The van der Waals surface area contributed by atoms with Gasteiger partial charge in [-0.3, -0.25) is 34.0 Å². The Labute approximate surface area is 339 Å². The lowest BCUT2D eigenvalue weighted by Gasteiger charge is -2.35. The minimum Gasteiger partial charge on any atom is -0.370 e. The summed E-state index contributed by atoms with van der Waals surface area (Å²) in [5.74, 6) is -4.13. The Bertz CT molecular complexity index is 1510. The second-order valence-electron chi connectivity index (χ2n) is 13.5. The van der Waals surface area contributed by atoms with Crippen LogP contribution in [0.1, 0.15) is 63.5 Å². The van der Waals surface area contributed by atoms with Crippen LogP contribution in [0.25, 0.3) is 0 Å². The van der Waals surface area contributed by atoms with E-state index in [-0.39, 0.29) is 76.6 Å². The minimum absolute atomic E-state index is 0.0301. The summed E-state index contributed by atoms with van der Waals surface area (Å²) in [5, 5.41) is -3.88. The zero-order chi connectivity index (χ0) is 41.8. The maximum atomic E-state index is 14.2. The summed E-state index contributed by atoms with van der Waals surface area (Å²) in [5.41, 5.74) is 36.4.